The number of terminal acetylenes is 1. The minimum Gasteiger partial charge on any atom is -0.481 e. The Balaban J connectivity index is 2.25. The minimum atomic E-state index is -0.842. The third-order valence-corrected chi connectivity index (χ3v) is 6.05. The molecule has 0 aromatic heterocycles. The van der Waals surface area contributed by atoms with Gasteiger partial charge in [-0.15, -0.1) is 12.3 Å². The molecule has 1 fully saturated rings. The predicted molar refractivity (Wildman–Crippen MR) is 88.2 cm³/mol. The van der Waals surface area contributed by atoms with E-state index in [1.165, 1.54) is 0 Å². The molecule has 0 aliphatic heterocycles. The van der Waals surface area contributed by atoms with E-state index in [0.29, 0.717) is 6.42 Å². The highest BCUT2D eigenvalue weighted by molar-refractivity contribution is 5.82. The molecule has 1 saturated carbocycles. The SMILES string of the molecule is C#CC1(C)CCC2c3cccc(C)c3C(C(=O)O)C2(CC=O)C1. The largest absolute Gasteiger partial charge is 0.481 e. The van der Waals surface area contributed by atoms with Crippen molar-refractivity contribution in [1.82, 2.24) is 0 Å². The molecule has 0 radical (unpaired) electrons. The monoisotopic (exact) mass is 310 g/mol. The topological polar surface area (TPSA) is 54.4 Å². The lowest BCUT2D eigenvalue weighted by Gasteiger charge is -2.47. The summed E-state index contributed by atoms with van der Waals surface area (Å²) >= 11 is 0. The third-order valence-electron chi connectivity index (χ3n) is 6.05. The van der Waals surface area contributed by atoms with E-state index < -0.39 is 17.3 Å². The van der Waals surface area contributed by atoms with Gasteiger partial charge in [0.25, 0.3) is 0 Å². The third kappa shape index (κ3) is 2.12. The van der Waals surface area contributed by atoms with Gasteiger partial charge >= 0.3 is 5.97 Å². The number of carbonyl (C=O) groups is 2. The van der Waals surface area contributed by atoms with Crippen molar-refractivity contribution in [2.24, 2.45) is 10.8 Å². The average Bonchev–Trinajstić information content (AvgIpc) is 2.78. The van der Waals surface area contributed by atoms with Crippen LogP contribution >= 0.6 is 0 Å². The summed E-state index contributed by atoms with van der Waals surface area (Å²) in [5.74, 6) is 1.48. The van der Waals surface area contributed by atoms with Crippen molar-refractivity contribution in [3.63, 3.8) is 0 Å². The van der Waals surface area contributed by atoms with Gasteiger partial charge in [-0.2, -0.15) is 0 Å². The predicted octanol–water partition coefficient (Wildman–Crippen LogP) is 3.66. The molecule has 0 spiro atoms. The number of rotatable bonds is 3. The molecule has 23 heavy (non-hydrogen) atoms. The molecule has 1 aromatic carbocycles. The fraction of sp³-hybridized carbons (Fsp3) is 0.500. The van der Waals surface area contributed by atoms with Crippen molar-refractivity contribution >= 4 is 12.3 Å². The zero-order valence-electron chi connectivity index (χ0n) is 13.6. The quantitative estimate of drug-likeness (QED) is 0.685. The Hall–Kier alpha value is -2.08. The van der Waals surface area contributed by atoms with Crippen molar-refractivity contribution in [2.45, 2.75) is 51.4 Å². The van der Waals surface area contributed by atoms with Crippen LogP contribution in [0.3, 0.4) is 0 Å². The van der Waals surface area contributed by atoms with Gasteiger partial charge in [0.1, 0.15) is 6.29 Å². The molecule has 0 saturated heterocycles. The second-order valence-electron chi connectivity index (χ2n) is 7.43. The number of benzene rings is 1. The summed E-state index contributed by atoms with van der Waals surface area (Å²) in [7, 11) is 0. The van der Waals surface area contributed by atoms with Crippen LogP contribution in [0.25, 0.3) is 0 Å². The normalized spacial score (nSPS) is 35.0. The zero-order valence-corrected chi connectivity index (χ0v) is 13.6. The van der Waals surface area contributed by atoms with Gasteiger partial charge in [0.2, 0.25) is 0 Å². The van der Waals surface area contributed by atoms with E-state index in [2.05, 4.69) is 5.92 Å². The number of aryl methyl sites for hydroxylation is 1. The standard InChI is InChI=1S/C20H22O3/c1-4-19(3)9-8-15-14-7-5-6-13(2)16(14)17(18(22)23)20(15,12-19)10-11-21/h1,5-7,11,15,17H,8-10,12H2,2-3H3,(H,22,23). The molecule has 120 valence electrons. The first-order valence-corrected chi connectivity index (χ1v) is 8.12. The van der Waals surface area contributed by atoms with Crippen molar-refractivity contribution in [3.8, 4) is 12.3 Å². The van der Waals surface area contributed by atoms with Crippen LogP contribution in [0.4, 0.5) is 0 Å². The van der Waals surface area contributed by atoms with Crippen molar-refractivity contribution in [3.05, 3.63) is 34.9 Å². The molecule has 0 heterocycles. The fourth-order valence-electron chi connectivity index (χ4n) is 5.13. The zero-order chi connectivity index (χ0) is 16.8. The number of fused-ring (bicyclic) bond motifs is 3. The molecule has 2 aliphatic carbocycles. The Kier molecular flexibility index (Phi) is 3.59. The first kappa shape index (κ1) is 15.8. The molecular formula is C20H22O3. The molecule has 2 aliphatic rings. The van der Waals surface area contributed by atoms with E-state index in [1.807, 2.05) is 32.0 Å². The lowest BCUT2D eigenvalue weighted by atomic mass is 9.54. The van der Waals surface area contributed by atoms with Crippen LogP contribution in [0.15, 0.2) is 18.2 Å². The van der Waals surface area contributed by atoms with Crippen LogP contribution in [0.2, 0.25) is 0 Å². The number of aliphatic carboxylic acids is 1. The summed E-state index contributed by atoms with van der Waals surface area (Å²) in [6.07, 6.45) is 9.18. The van der Waals surface area contributed by atoms with Gasteiger partial charge in [-0.05, 0) is 55.7 Å². The molecule has 4 atom stereocenters. The molecule has 3 nitrogen and oxygen atoms in total. The van der Waals surface area contributed by atoms with E-state index in [4.69, 9.17) is 6.42 Å². The first-order valence-electron chi connectivity index (χ1n) is 8.12. The maximum atomic E-state index is 12.2. The Morgan fingerprint density at radius 1 is 1.52 bits per heavy atom. The molecule has 3 rings (SSSR count). The van der Waals surface area contributed by atoms with Gasteiger partial charge in [-0.1, -0.05) is 18.2 Å². The highest BCUT2D eigenvalue weighted by atomic mass is 16.4. The van der Waals surface area contributed by atoms with Crippen molar-refractivity contribution < 1.29 is 14.7 Å². The summed E-state index contributed by atoms with van der Waals surface area (Å²) in [6, 6.07) is 5.98. The van der Waals surface area contributed by atoms with Crippen LogP contribution in [0.5, 0.6) is 0 Å². The van der Waals surface area contributed by atoms with Gasteiger partial charge in [-0.3, -0.25) is 4.79 Å². The van der Waals surface area contributed by atoms with E-state index in [9.17, 15) is 14.7 Å². The lowest BCUT2D eigenvalue weighted by Crippen LogP contribution is -2.42. The van der Waals surface area contributed by atoms with Gasteiger partial charge in [0.05, 0.1) is 5.92 Å². The van der Waals surface area contributed by atoms with Gasteiger partial charge in [0.15, 0.2) is 0 Å². The molecular weight excluding hydrogens is 288 g/mol. The summed E-state index contributed by atoms with van der Waals surface area (Å²) < 4.78 is 0. The van der Waals surface area contributed by atoms with Gasteiger partial charge in [0, 0.05) is 17.3 Å². The number of aldehydes is 1. The molecule has 1 N–H and O–H groups in total. The van der Waals surface area contributed by atoms with Crippen LogP contribution in [-0.2, 0) is 9.59 Å². The minimum absolute atomic E-state index is 0.102. The second kappa shape index (κ2) is 5.23. The Morgan fingerprint density at radius 3 is 2.87 bits per heavy atom. The number of carboxylic acid groups (broad SMARTS) is 1. The lowest BCUT2D eigenvalue weighted by molar-refractivity contribution is -0.144. The molecule has 4 unspecified atom stereocenters. The summed E-state index contributed by atoms with van der Waals surface area (Å²) in [5.41, 5.74) is 2.08. The molecule has 0 amide bonds. The average molecular weight is 310 g/mol. The van der Waals surface area contributed by atoms with Crippen LogP contribution in [0, 0.1) is 30.1 Å². The summed E-state index contributed by atoms with van der Waals surface area (Å²) in [5, 5.41) is 9.99. The molecule has 1 aromatic rings. The van der Waals surface area contributed by atoms with Gasteiger partial charge < -0.3 is 9.90 Å². The van der Waals surface area contributed by atoms with Crippen LogP contribution < -0.4 is 0 Å². The van der Waals surface area contributed by atoms with Gasteiger partial charge in [-0.25, -0.2) is 0 Å². The summed E-state index contributed by atoms with van der Waals surface area (Å²) in [4.78, 5) is 23.7. The number of carboxylic acids is 1. The van der Waals surface area contributed by atoms with E-state index in [1.54, 1.807) is 0 Å². The fourth-order valence-corrected chi connectivity index (χ4v) is 5.13. The second-order valence-corrected chi connectivity index (χ2v) is 7.43. The Labute approximate surface area is 137 Å². The van der Waals surface area contributed by atoms with Crippen LogP contribution in [0.1, 0.15) is 61.1 Å². The van der Waals surface area contributed by atoms with E-state index >= 15 is 0 Å². The molecule has 3 heteroatoms. The van der Waals surface area contributed by atoms with Crippen molar-refractivity contribution in [1.29, 1.82) is 0 Å². The molecule has 0 bridgehead atoms. The smallest absolute Gasteiger partial charge is 0.311 e. The number of hydrogen-bond acceptors (Lipinski definition) is 2. The van der Waals surface area contributed by atoms with E-state index in [-0.39, 0.29) is 17.8 Å². The number of hydrogen-bond donors (Lipinski definition) is 1. The summed E-state index contributed by atoms with van der Waals surface area (Å²) in [6.45, 7) is 3.98. The first-order chi connectivity index (χ1) is 10.9. The maximum absolute atomic E-state index is 12.2. The van der Waals surface area contributed by atoms with Crippen molar-refractivity contribution in [2.75, 3.05) is 0 Å². The van der Waals surface area contributed by atoms with E-state index in [0.717, 1.165) is 35.8 Å². The highest BCUT2D eigenvalue weighted by Gasteiger charge is 2.60. The van der Waals surface area contributed by atoms with Crippen LogP contribution in [-0.4, -0.2) is 17.4 Å². The number of carbonyl (C=O) groups excluding carboxylic acids is 1. The maximum Gasteiger partial charge on any atom is 0.311 e. The Bertz CT molecular complexity index is 714. The highest BCUT2D eigenvalue weighted by Crippen LogP contribution is 2.66. The Morgan fingerprint density at radius 2 is 2.26 bits per heavy atom.